The van der Waals surface area contributed by atoms with E-state index in [1.165, 1.54) is 18.9 Å². The van der Waals surface area contributed by atoms with E-state index < -0.39 is 5.97 Å². The summed E-state index contributed by atoms with van der Waals surface area (Å²) in [7, 11) is 0. The van der Waals surface area contributed by atoms with Gasteiger partial charge in [0, 0.05) is 18.6 Å². The van der Waals surface area contributed by atoms with Gasteiger partial charge in [-0.05, 0) is 38.0 Å². The molecule has 0 aromatic rings. The highest BCUT2D eigenvalue weighted by Gasteiger charge is 2.47. The van der Waals surface area contributed by atoms with Gasteiger partial charge in [-0.1, -0.05) is 25.2 Å². The smallest absolute Gasteiger partial charge is 0.327 e. The Morgan fingerprint density at radius 2 is 2.00 bits per heavy atom. The van der Waals surface area contributed by atoms with E-state index in [-0.39, 0.29) is 0 Å². The maximum Gasteiger partial charge on any atom is 0.327 e. The van der Waals surface area contributed by atoms with Gasteiger partial charge >= 0.3 is 5.97 Å². The topological polar surface area (TPSA) is 55.8 Å². The Bertz CT molecular complexity index is 388. The Morgan fingerprint density at radius 1 is 1.24 bits per heavy atom. The summed E-state index contributed by atoms with van der Waals surface area (Å²) >= 11 is 0. The standard InChI is InChI=1S/C17H26O4/c1-2-11-20-12-14-13(15-9-10-16(14)21-15)7-5-3-4-6-8-17(18)19/h3,5-6,8,13-16H,2,4,7,9-12H2,1H3,(H,18,19)/t13-,14+,15-,16+/m0/s1. The molecule has 0 amide bonds. The second-order valence-corrected chi connectivity index (χ2v) is 5.88. The fourth-order valence-electron chi connectivity index (χ4n) is 3.39. The van der Waals surface area contributed by atoms with Crippen LogP contribution in [0.3, 0.4) is 0 Å². The second-order valence-electron chi connectivity index (χ2n) is 5.88. The fourth-order valence-corrected chi connectivity index (χ4v) is 3.39. The number of carbonyl (C=O) groups is 1. The molecule has 0 saturated carbocycles. The third-order valence-electron chi connectivity index (χ3n) is 4.36. The molecule has 2 rings (SSSR count). The summed E-state index contributed by atoms with van der Waals surface area (Å²) in [6.45, 7) is 3.77. The molecule has 2 bridgehead atoms. The van der Waals surface area contributed by atoms with Crippen molar-refractivity contribution in [2.24, 2.45) is 11.8 Å². The van der Waals surface area contributed by atoms with Crippen molar-refractivity contribution >= 4 is 5.97 Å². The minimum Gasteiger partial charge on any atom is -0.478 e. The molecule has 2 saturated heterocycles. The van der Waals surface area contributed by atoms with Gasteiger partial charge in [-0.25, -0.2) is 4.79 Å². The molecule has 0 aliphatic carbocycles. The van der Waals surface area contributed by atoms with Crippen LogP contribution in [0.5, 0.6) is 0 Å². The number of rotatable bonds is 9. The molecule has 0 aromatic carbocycles. The highest BCUT2D eigenvalue weighted by molar-refractivity contribution is 5.79. The molecular weight excluding hydrogens is 268 g/mol. The molecule has 0 spiro atoms. The fraction of sp³-hybridized carbons (Fsp3) is 0.706. The lowest BCUT2D eigenvalue weighted by Crippen LogP contribution is -2.30. The summed E-state index contributed by atoms with van der Waals surface area (Å²) in [5.74, 6) is 0.188. The molecule has 0 radical (unpaired) electrons. The van der Waals surface area contributed by atoms with E-state index in [1.54, 1.807) is 6.08 Å². The molecule has 0 aromatic heterocycles. The first-order valence-corrected chi connectivity index (χ1v) is 8.00. The van der Waals surface area contributed by atoms with Crippen LogP contribution in [-0.2, 0) is 14.3 Å². The summed E-state index contributed by atoms with van der Waals surface area (Å²) in [4.78, 5) is 10.4. The monoisotopic (exact) mass is 294 g/mol. The van der Waals surface area contributed by atoms with Gasteiger partial charge in [0.25, 0.3) is 0 Å². The highest BCUT2D eigenvalue weighted by atomic mass is 16.5. The molecule has 21 heavy (non-hydrogen) atoms. The zero-order valence-electron chi connectivity index (χ0n) is 12.7. The van der Waals surface area contributed by atoms with E-state index in [9.17, 15) is 4.79 Å². The van der Waals surface area contributed by atoms with Gasteiger partial charge in [0.05, 0.1) is 18.8 Å². The van der Waals surface area contributed by atoms with Crippen LogP contribution < -0.4 is 0 Å². The quantitative estimate of drug-likeness (QED) is 0.403. The SMILES string of the molecule is CCCOC[C@@H]1[C@H](CC=CCC=CC(=O)O)[C@@H]2CC[C@H]1O2. The molecule has 2 aliphatic heterocycles. The summed E-state index contributed by atoms with van der Waals surface area (Å²) in [5.41, 5.74) is 0. The van der Waals surface area contributed by atoms with Crippen LogP contribution in [0.1, 0.15) is 39.0 Å². The Hall–Kier alpha value is -1.13. The predicted octanol–water partition coefficient (Wildman–Crippen LogP) is 3.18. The molecule has 118 valence electrons. The average molecular weight is 294 g/mol. The van der Waals surface area contributed by atoms with Gasteiger partial charge in [-0.3, -0.25) is 0 Å². The Labute approximate surface area is 126 Å². The van der Waals surface area contributed by atoms with Crippen LogP contribution in [0.15, 0.2) is 24.3 Å². The number of fused-ring (bicyclic) bond motifs is 2. The normalized spacial score (nSPS) is 31.7. The summed E-state index contributed by atoms with van der Waals surface area (Å²) < 4.78 is 11.8. The molecule has 2 fully saturated rings. The minimum absolute atomic E-state index is 0.386. The van der Waals surface area contributed by atoms with Gasteiger partial charge in [0.15, 0.2) is 0 Å². The lowest BCUT2D eigenvalue weighted by atomic mass is 9.78. The highest BCUT2D eigenvalue weighted by Crippen LogP contribution is 2.45. The van der Waals surface area contributed by atoms with Gasteiger partial charge in [0.1, 0.15) is 0 Å². The zero-order valence-corrected chi connectivity index (χ0v) is 12.7. The first kappa shape index (κ1) is 16.2. The van der Waals surface area contributed by atoms with Crippen LogP contribution in [0, 0.1) is 11.8 Å². The summed E-state index contributed by atoms with van der Waals surface area (Å²) in [6.07, 6.45) is 12.9. The molecule has 0 unspecified atom stereocenters. The minimum atomic E-state index is -0.891. The van der Waals surface area contributed by atoms with Crippen molar-refractivity contribution in [3.63, 3.8) is 0 Å². The Balaban J connectivity index is 1.77. The third kappa shape index (κ3) is 4.68. The number of aliphatic carboxylic acids is 1. The second kappa shape index (κ2) is 8.35. The predicted molar refractivity (Wildman–Crippen MR) is 81.1 cm³/mol. The largest absolute Gasteiger partial charge is 0.478 e. The third-order valence-corrected chi connectivity index (χ3v) is 4.36. The van der Waals surface area contributed by atoms with Crippen LogP contribution >= 0.6 is 0 Å². The van der Waals surface area contributed by atoms with Crippen molar-refractivity contribution in [2.45, 2.75) is 51.2 Å². The lowest BCUT2D eigenvalue weighted by molar-refractivity contribution is -0.131. The van der Waals surface area contributed by atoms with Crippen molar-refractivity contribution in [3.8, 4) is 0 Å². The van der Waals surface area contributed by atoms with Gasteiger partial charge in [-0.2, -0.15) is 0 Å². The van der Waals surface area contributed by atoms with Crippen molar-refractivity contribution < 1.29 is 19.4 Å². The molecule has 1 N–H and O–H groups in total. The van der Waals surface area contributed by atoms with Crippen LogP contribution in [0.2, 0.25) is 0 Å². The Kier molecular flexibility index (Phi) is 6.46. The van der Waals surface area contributed by atoms with Crippen molar-refractivity contribution in [3.05, 3.63) is 24.3 Å². The van der Waals surface area contributed by atoms with Gasteiger partial charge in [-0.15, -0.1) is 0 Å². The van der Waals surface area contributed by atoms with Crippen LogP contribution in [0.4, 0.5) is 0 Å². The van der Waals surface area contributed by atoms with E-state index in [2.05, 4.69) is 13.0 Å². The van der Waals surface area contributed by atoms with Gasteiger partial charge < -0.3 is 14.6 Å². The van der Waals surface area contributed by atoms with Gasteiger partial charge in [0.2, 0.25) is 0 Å². The van der Waals surface area contributed by atoms with E-state index in [1.807, 2.05) is 6.08 Å². The van der Waals surface area contributed by atoms with Crippen molar-refractivity contribution in [1.82, 2.24) is 0 Å². The number of hydrogen-bond acceptors (Lipinski definition) is 3. The maximum atomic E-state index is 10.4. The zero-order chi connectivity index (χ0) is 15.1. The lowest BCUT2D eigenvalue weighted by Gasteiger charge is -2.27. The first-order valence-electron chi connectivity index (χ1n) is 8.00. The van der Waals surface area contributed by atoms with E-state index in [0.717, 1.165) is 26.1 Å². The van der Waals surface area contributed by atoms with E-state index in [0.29, 0.717) is 30.5 Å². The number of carboxylic acids is 1. The van der Waals surface area contributed by atoms with E-state index in [4.69, 9.17) is 14.6 Å². The number of hydrogen-bond donors (Lipinski definition) is 1. The maximum absolute atomic E-state index is 10.4. The first-order chi connectivity index (χ1) is 10.2. The number of allylic oxidation sites excluding steroid dienone is 3. The average Bonchev–Trinajstić information content (AvgIpc) is 3.04. The molecular formula is C17H26O4. The molecule has 4 atom stereocenters. The summed E-state index contributed by atoms with van der Waals surface area (Å²) in [5, 5.41) is 8.51. The number of ether oxygens (including phenoxy) is 2. The molecule has 2 heterocycles. The number of carboxylic acid groups (broad SMARTS) is 1. The van der Waals surface area contributed by atoms with Crippen LogP contribution in [0.25, 0.3) is 0 Å². The molecule has 4 heteroatoms. The summed E-state index contributed by atoms with van der Waals surface area (Å²) in [6, 6.07) is 0. The van der Waals surface area contributed by atoms with Crippen molar-refractivity contribution in [1.29, 1.82) is 0 Å². The molecule has 2 aliphatic rings. The molecule has 4 nitrogen and oxygen atoms in total. The van der Waals surface area contributed by atoms with E-state index >= 15 is 0 Å². The Morgan fingerprint density at radius 3 is 2.71 bits per heavy atom. The van der Waals surface area contributed by atoms with Crippen LogP contribution in [-0.4, -0.2) is 36.5 Å². The van der Waals surface area contributed by atoms with Crippen molar-refractivity contribution in [2.75, 3.05) is 13.2 Å².